The van der Waals surface area contributed by atoms with Crippen LogP contribution in [0.5, 0.6) is 0 Å². The van der Waals surface area contributed by atoms with Crippen molar-refractivity contribution < 1.29 is 14.6 Å². The van der Waals surface area contributed by atoms with Gasteiger partial charge in [0.2, 0.25) is 0 Å². The summed E-state index contributed by atoms with van der Waals surface area (Å²) >= 11 is 0. The van der Waals surface area contributed by atoms with Crippen LogP contribution in [0.2, 0.25) is 0 Å². The lowest BCUT2D eigenvalue weighted by molar-refractivity contribution is -0.149. The number of ether oxygens (including phenoxy) is 1. The summed E-state index contributed by atoms with van der Waals surface area (Å²) in [5.74, 6) is -0.961. The molecular weight excluding hydrogens is 182 g/mol. The van der Waals surface area contributed by atoms with Gasteiger partial charge in [-0.1, -0.05) is 6.07 Å². The lowest BCUT2D eigenvalue weighted by Gasteiger charge is -2.07. The predicted molar refractivity (Wildman–Crippen MR) is 50.9 cm³/mol. The van der Waals surface area contributed by atoms with Gasteiger partial charge in [-0.05, 0) is 26.0 Å². The normalized spacial score (nSPS) is 12.4. The van der Waals surface area contributed by atoms with E-state index in [-0.39, 0.29) is 6.61 Å². The van der Waals surface area contributed by atoms with E-state index in [1.54, 1.807) is 0 Å². The van der Waals surface area contributed by atoms with Crippen molar-refractivity contribution in [2.75, 3.05) is 0 Å². The van der Waals surface area contributed by atoms with Gasteiger partial charge in [0, 0.05) is 5.69 Å². The van der Waals surface area contributed by atoms with Crippen LogP contribution in [0.4, 0.5) is 0 Å². The Bertz CT molecular complexity index is 325. The topological polar surface area (TPSA) is 59.4 Å². The van der Waals surface area contributed by atoms with E-state index in [0.717, 1.165) is 11.4 Å². The van der Waals surface area contributed by atoms with Gasteiger partial charge in [0.05, 0.1) is 12.3 Å². The van der Waals surface area contributed by atoms with Gasteiger partial charge in [-0.25, -0.2) is 4.79 Å². The molecule has 76 valence electrons. The average Bonchev–Trinajstić information content (AvgIpc) is 2.14. The quantitative estimate of drug-likeness (QED) is 0.788. The SMILES string of the molecule is Cc1cccc(CO[C@H](C)C(=O)O)n1. The van der Waals surface area contributed by atoms with Crippen molar-refractivity contribution in [1.82, 2.24) is 4.98 Å². The van der Waals surface area contributed by atoms with Crippen LogP contribution in [-0.4, -0.2) is 22.2 Å². The van der Waals surface area contributed by atoms with E-state index in [1.807, 2.05) is 25.1 Å². The number of hydrogen-bond donors (Lipinski definition) is 1. The van der Waals surface area contributed by atoms with Crippen molar-refractivity contribution in [3.05, 3.63) is 29.6 Å². The van der Waals surface area contributed by atoms with Gasteiger partial charge < -0.3 is 9.84 Å². The van der Waals surface area contributed by atoms with Gasteiger partial charge in [0.15, 0.2) is 6.10 Å². The van der Waals surface area contributed by atoms with Gasteiger partial charge in [0.25, 0.3) is 0 Å². The van der Waals surface area contributed by atoms with Crippen LogP contribution in [-0.2, 0) is 16.1 Å². The molecular formula is C10H13NO3. The number of pyridine rings is 1. The lowest BCUT2D eigenvalue weighted by atomic mass is 10.3. The Morgan fingerprint density at radius 1 is 1.64 bits per heavy atom. The second kappa shape index (κ2) is 4.72. The first-order valence-corrected chi connectivity index (χ1v) is 4.36. The third-order valence-corrected chi connectivity index (χ3v) is 1.77. The van der Waals surface area contributed by atoms with Crippen LogP contribution in [0.25, 0.3) is 0 Å². The van der Waals surface area contributed by atoms with Crippen LogP contribution < -0.4 is 0 Å². The molecule has 4 nitrogen and oxygen atoms in total. The predicted octanol–water partition coefficient (Wildman–Crippen LogP) is 1.38. The highest BCUT2D eigenvalue weighted by molar-refractivity contribution is 5.71. The zero-order valence-electron chi connectivity index (χ0n) is 8.23. The number of aliphatic carboxylic acids is 1. The maximum Gasteiger partial charge on any atom is 0.332 e. The lowest BCUT2D eigenvalue weighted by Crippen LogP contribution is -2.19. The fraction of sp³-hybridized carbons (Fsp3) is 0.400. The number of aromatic nitrogens is 1. The molecule has 4 heteroatoms. The zero-order chi connectivity index (χ0) is 10.6. The molecule has 0 unspecified atom stereocenters. The first kappa shape index (κ1) is 10.7. The molecule has 1 rings (SSSR count). The molecule has 0 spiro atoms. The summed E-state index contributed by atoms with van der Waals surface area (Å²) in [6.07, 6.45) is -0.794. The van der Waals surface area contributed by atoms with Gasteiger partial charge in [0.1, 0.15) is 0 Å². The standard InChI is InChI=1S/C10H13NO3/c1-7-4-3-5-9(11-7)6-14-8(2)10(12)13/h3-5,8H,6H2,1-2H3,(H,12,13)/t8-/m1/s1. The molecule has 0 aliphatic heterocycles. The van der Waals surface area contributed by atoms with Gasteiger partial charge in [-0.3, -0.25) is 4.98 Å². The number of hydrogen-bond acceptors (Lipinski definition) is 3. The van der Waals surface area contributed by atoms with E-state index in [4.69, 9.17) is 9.84 Å². The van der Waals surface area contributed by atoms with Crippen molar-refractivity contribution in [3.63, 3.8) is 0 Å². The van der Waals surface area contributed by atoms with E-state index in [2.05, 4.69) is 4.98 Å². The van der Waals surface area contributed by atoms with Crippen molar-refractivity contribution in [2.45, 2.75) is 26.6 Å². The summed E-state index contributed by atoms with van der Waals surface area (Å²) in [5, 5.41) is 8.57. The van der Waals surface area contributed by atoms with Gasteiger partial charge >= 0.3 is 5.97 Å². The number of carboxylic acids is 1. The molecule has 1 aromatic heterocycles. The van der Waals surface area contributed by atoms with Gasteiger partial charge in [-0.2, -0.15) is 0 Å². The zero-order valence-corrected chi connectivity index (χ0v) is 8.23. The first-order valence-electron chi connectivity index (χ1n) is 4.36. The summed E-state index contributed by atoms with van der Waals surface area (Å²) in [7, 11) is 0. The van der Waals surface area contributed by atoms with E-state index >= 15 is 0 Å². The van der Waals surface area contributed by atoms with E-state index in [1.165, 1.54) is 6.92 Å². The van der Waals surface area contributed by atoms with Crippen LogP contribution >= 0.6 is 0 Å². The second-order valence-corrected chi connectivity index (χ2v) is 3.06. The molecule has 1 N–H and O–H groups in total. The van der Waals surface area contributed by atoms with Crippen molar-refractivity contribution in [1.29, 1.82) is 0 Å². The average molecular weight is 195 g/mol. The summed E-state index contributed by atoms with van der Waals surface area (Å²) in [6.45, 7) is 3.61. The Kier molecular flexibility index (Phi) is 3.59. The number of carbonyl (C=O) groups is 1. The summed E-state index contributed by atoms with van der Waals surface area (Å²) in [5.41, 5.74) is 1.65. The maximum absolute atomic E-state index is 10.4. The molecule has 0 aliphatic carbocycles. The van der Waals surface area contributed by atoms with Crippen molar-refractivity contribution >= 4 is 5.97 Å². The minimum Gasteiger partial charge on any atom is -0.479 e. The summed E-state index contributed by atoms with van der Waals surface area (Å²) < 4.78 is 5.08. The third kappa shape index (κ3) is 3.14. The second-order valence-electron chi connectivity index (χ2n) is 3.06. The number of rotatable bonds is 4. The Morgan fingerprint density at radius 3 is 2.93 bits per heavy atom. The fourth-order valence-corrected chi connectivity index (χ4v) is 0.962. The number of carboxylic acid groups (broad SMARTS) is 1. The summed E-state index contributed by atoms with van der Waals surface area (Å²) in [4.78, 5) is 14.6. The minimum atomic E-state index is -0.961. The third-order valence-electron chi connectivity index (χ3n) is 1.77. The molecule has 0 aromatic carbocycles. The highest BCUT2D eigenvalue weighted by atomic mass is 16.5. The molecule has 0 saturated carbocycles. The molecule has 0 fully saturated rings. The number of nitrogens with zero attached hydrogens (tertiary/aromatic N) is 1. The fourth-order valence-electron chi connectivity index (χ4n) is 0.962. The molecule has 0 saturated heterocycles. The smallest absolute Gasteiger partial charge is 0.332 e. The molecule has 1 atom stereocenters. The van der Waals surface area contributed by atoms with E-state index in [9.17, 15) is 4.79 Å². The molecule has 1 aromatic rings. The summed E-state index contributed by atoms with van der Waals surface area (Å²) in [6, 6.07) is 5.55. The molecule has 0 aliphatic rings. The van der Waals surface area contributed by atoms with Crippen LogP contribution in [0.15, 0.2) is 18.2 Å². The monoisotopic (exact) mass is 195 g/mol. The van der Waals surface area contributed by atoms with E-state index in [0.29, 0.717) is 0 Å². The number of aryl methyl sites for hydroxylation is 1. The maximum atomic E-state index is 10.4. The van der Waals surface area contributed by atoms with Crippen molar-refractivity contribution in [3.8, 4) is 0 Å². The Morgan fingerprint density at radius 2 is 2.36 bits per heavy atom. The molecule has 0 bridgehead atoms. The molecule has 0 radical (unpaired) electrons. The first-order chi connectivity index (χ1) is 6.59. The Balaban J connectivity index is 2.49. The van der Waals surface area contributed by atoms with Crippen LogP contribution in [0, 0.1) is 6.92 Å². The molecule has 1 heterocycles. The minimum absolute atomic E-state index is 0.231. The molecule has 14 heavy (non-hydrogen) atoms. The Hall–Kier alpha value is -1.42. The van der Waals surface area contributed by atoms with E-state index < -0.39 is 12.1 Å². The van der Waals surface area contributed by atoms with Gasteiger partial charge in [-0.15, -0.1) is 0 Å². The van der Waals surface area contributed by atoms with Crippen LogP contribution in [0.3, 0.4) is 0 Å². The highest BCUT2D eigenvalue weighted by Crippen LogP contribution is 2.02. The largest absolute Gasteiger partial charge is 0.479 e. The highest BCUT2D eigenvalue weighted by Gasteiger charge is 2.10. The molecule has 0 amide bonds. The van der Waals surface area contributed by atoms with Crippen molar-refractivity contribution in [2.24, 2.45) is 0 Å². The Labute approximate surface area is 82.5 Å². The van der Waals surface area contributed by atoms with Crippen LogP contribution in [0.1, 0.15) is 18.3 Å².